The highest BCUT2D eigenvalue weighted by atomic mass is 35.5. The van der Waals surface area contributed by atoms with E-state index in [4.69, 9.17) is 43.1 Å². The van der Waals surface area contributed by atoms with Crippen LogP contribution in [-0.4, -0.2) is 159 Å². The molecule has 17 bridgehead atoms. The number of ether oxygens (including phenoxy) is 3. The molecular weight excluding hydrogens is 1450 g/mol. The second-order valence-electron chi connectivity index (χ2n) is 28.9. The molecule has 6 heterocycles. The number of phenols is 6. The van der Waals surface area contributed by atoms with Gasteiger partial charge in [-0.05, 0) is 158 Å². The molecule has 109 heavy (non-hydrogen) atoms. The van der Waals surface area contributed by atoms with E-state index in [2.05, 4.69) is 63.6 Å². The van der Waals surface area contributed by atoms with Crippen molar-refractivity contribution in [2.24, 2.45) is 5.73 Å². The van der Waals surface area contributed by atoms with Gasteiger partial charge in [-0.15, -0.1) is 0 Å². The number of unbranched alkanes of at least 4 members (excludes halogenated alkanes) is 7. The Balaban J connectivity index is 1.06. The molecule has 7 aromatic carbocycles. The number of carbonyl (C=O) groups excluding carboxylic acids is 7. The van der Waals surface area contributed by atoms with E-state index in [0.717, 1.165) is 66.8 Å². The zero-order valence-corrected chi connectivity index (χ0v) is 62.5. The summed E-state index contributed by atoms with van der Waals surface area (Å²) in [7, 11) is 8.01. The van der Waals surface area contributed by atoms with Crippen molar-refractivity contribution in [3.8, 4) is 80.1 Å². The predicted molar refractivity (Wildman–Crippen MR) is 404 cm³/mol. The normalized spacial score (nSPS) is 20.0. The minimum absolute atomic E-state index is 0.0443. The number of nitrogens with zero attached hydrogens (tertiary/aromatic N) is 2. The van der Waals surface area contributed by atoms with Crippen molar-refractivity contribution >= 4 is 64.6 Å². The third-order valence-electron chi connectivity index (χ3n) is 19.9. The highest BCUT2D eigenvalue weighted by molar-refractivity contribution is 6.32. The van der Waals surface area contributed by atoms with Crippen LogP contribution in [0.3, 0.4) is 0 Å². The lowest BCUT2D eigenvalue weighted by Crippen LogP contribution is -2.56. The maximum Gasteiger partial charge on any atom is 0.248 e. The Bertz CT molecular complexity index is 4620. The SMILES string of the molecule is CCCCCCCCCC[N+](C)(C)CCCNCc1c(O)cc2c(c1O)-c1cc(ccc1O)[C@H]1NC(=O)[C@@H]3NC(=O)[C@H]4NC(=O)[C@@H](Cc5ccc(c(Cl)c5)Oc5cc3cc(c5O)Oc3ccc(cc3Cl)[C@@H](O)[C@H](NC1=O)C(=O)N[C@@H]2C(=O)NCCCN(C)C)NC(=O)[C@H](N)c1ccc(O)c(c1)Oc1cc(O)cc4c1. The van der Waals surface area contributed by atoms with Crippen molar-refractivity contribution in [1.82, 2.24) is 47.4 Å². The molecule has 0 saturated heterocycles. The number of nitrogens with two attached hydrogens (primary N) is 1. The number of hydrogen-bond acceptors (Lipinski definition) is 20. The Labute approximate surface area is 639 Å². The number of rotatable bonds is 20. The largest absolute Gasteiger partial charge is 0.508 e. The van der Waals surface area contributed by atoms with Gasteiger partial charge in [-0.3, -0.25) is 33.6 Å². The topological polar surface area (TPSA) is 414 Å². The number of amides is 7. The quantitative estimate of drug-likeness (QED) is 0.0250. The molecule has 0 saturated carbocycles. The van der Waals surface area contributed by atoms with E-state index in [9.17, 15) is 45.3 Å². The average molecular weight is 1540 g/mol. The molecule has 28 nitrogen and oxygen atoms in total. The summed E-state index contributed by atoms with van der Waals surface area (Å²) in [6, 6.07) is 8.84. The lowest BCUT2D eigenvalue weighted by molar-refractivity contribution is -0.890. The van der Waals surface area contributed by atoms with Crippen molar-refractivity contribution in [2.75, 3.05) is 60.9 Å². The van der Waals surface area contributed by atoms with Crippen LogP contribution < -0.4 is 62.5 Å². The molecule has 6 aliphatic heterocycles. The summed E-state index contributed by atoms with van der Waals surface area (Å²) in [4.78, 5) is 110. The maximum atomic E-state index is 16.2. The number of fused-ring (bicyclic) bond motifs is 14. The highest BCUT2D eigenvalue weighted by Crippen LogP contribution is 2.49. The van der Waals surface area contributed by atoms with Crippen LogP contribution in [0.15, 0.2) is 109 Å². The molecule has 8 atom stereocenters. The highest BCUT2D eigenvalue weighted by Gasteiger charge is 2.42. The van der Waals surface area contributed by atoms with Gasteiger partial charge in [0.05, 0.1) is 42.8 Å². The first-order valence-electron chi connectivity index (χ1n) is 36.3. The third kappa shape index (κ3) is 18.9. The van der Waals surface area contributed by atoms with E-state index >= 15 is 24.0 Å². The minimum Gasteiger partial charge on any atom is -0.508 e. The van der Waals surface area contributed by atoms with Gasteiger partial charge in [-0.2, -0.15) is 0 Å². The number of quaternary nitrogens is 1. The standard InChI is InChI=1S/C79H91Cl2N11O17/c1-6-7-8-9-10-11-12-13-27-92(4,5)28-15-24-83-40-51-57(96)39-50-63(71(51)98)49-33-43(18-20-55(49)94)65-76(103)90-69(79(106)89-68(50)75(102)84-25-14-26-91(2)3)70(97)44-19-23-59(53(81)34-44)109-62-37-46-36-61(72(62)99)108-58-22-16-41(29-52(58)80)30-54-73(100)86-66(77(104)88-67(46)78(105)87-65)45-31-47(93)38-48(32-45)107-60-35-42(17-21-56(60)95)64(82)74(101)85-54/h16-23,29,31-39,54,64-70,83,97H,6-15,24-28,30,40,82H2,1-5H3,(H12-,84,85,86,87,88,89,90,93,94,95,96,98,99,100,101,102,103,104,105,106)/p+1/t54-,64-,65-,66+,67-,68+,69+,70-/m1/s1. The van der Waals surface area contributed by atoms with E-state index < -0.39 is 136 Å². The molecule has 0 unspecified atom stereocenters. The summed E-state index contributed by atoms with van der Waals surface area (Å²) in [5.74, 6) is -13.2. The number of aliphatic hydroxyl groups is 1. The Hall–Kier alpha value is -10.6. The third-order valence-corrected chi connectivity index (χ3v) is 20.4. The average Bonchev–Trinajstić information content (AvgIpc) is 0.754. The first kappa shape index (κ1) is 79.5. The number of aromatic hydroxyl groups is 6. The van der Waals surface area contributed by atoms with Crippen LogP contribution in [0.5, 0.6) is 69.0 Å². The number of nitrogens with one attached hydrogen (secondary N) is 8. The smallest absolute Gasteiger partial charge is 0.248 e. The summed E-state index contributed by atoms with van der Waals surface area (Å²) in [6.45, 7) is 4.79. The molecule has 7 amide bonds. The van der Waals surface area contributed by atoms with E-state index in [-0.39, 0.29) is 103 Å². The summed E-state index contributed by atoms with van der Waals surface area (Å²) >= 11 is 14.0. The van der Waals surface area contributed by atoms with Gasteiger partial charge in [-0.1, -0.05) is 92.9 Å². The van der Waals surface area contributed by atoms with Gasteiger partial charge in [0.2, 0.25) is 47.1 Å². The lowest BCUT2D eigenvalue weighted by Gasteiger charge is -2.32. The summed E-state index contributed by atoms with van der Waals surface area (Å²) in [5, 5.41) is 106. The van der Waals surface area contributed by atoms with E-state index in [1.165, 1.54) is 111 Å². The molecule has 578 valence electrons. The fourth-order valence-electron chi connectivity index (χ4n) is 13.8. The van der Waals surface area contributed by atoms with Crippen molar-refractivity contribution in [2.45, 2.75) is 132 Å². The molecule has 17 N–H and O–H groups in total. The number of halogens is 2. The van der Waals surface area contributed by atoms with E-state index in [1.807, 2.05) is 19.0 Å². The van der Waals surface area contributed by atoms with Crippen LogP contribution in [0.1, 0.15) is 152 Å². The predicted octanol–water partition coefficient (Wildman–Crippen LogP) is 8.66. The van der Waals surface area contributed by atoms with Gasteiger partial charge in [0.15, 0.2) is 23.0 Å². The van der Waals surface area contributed by atoms with Crippen molar-refractivity contribution in [1.29, 1.82) is 0 Å². The Kier molecular flexibility index (Phi) is 25.3. The van der Waals surface area contributed by atoms with Gasteiger partial charge in [0, 0.05) is 49.7 Å². The van der Waals surface area contributed by atoms with Crippen LogP contribution in [0.4, 0.5) is 0 Å². The van der Waals surface area contributed by atoms with E-state index in [1.54, 1.807) is 0 Å². The van der Waals surface area contributed by atoms with Crippen LogP contribution in [0, 0.1) is 0 Å². The van der Waals surface area contributed by atoms with Crippen molar-refractivity contribution in [3.63, 3.8) is 0 Å². The Morgan fingerprint density at radius 2 is 1.15 bits per heavy atom. The number of phenolic OH excluding ortho intramolecular Hbond substituents is 6. The van der Waals surface area contributed by atoms with Crippen LogP contribution in [0.2, 0.25) is 10.0 Å². The van der Waals surface area contributed by atoms with Crippen molar-refractivity contribution < 1.29 is 88.0 Å². The summed E-state index contributed by atoms with van der Waals surface area (Å²) in [6.07, 6.45) is 8.22. The molecule has 0 aliphatic carbocycles. The number of aliphatic hydroxyl groups excluding tert-OH is 1. The number of hydrogen-bond donors (Lipinski definition) is 16. The molecular formula is C79H92Cl2N11O17+. The Morgan fingerprint density at radius 3 is 1.83 bits per heavy atom. The monoisotopic (exact) mass is 1540 g/mol. The van der Waals surface area contributed by atoms with E-state index in [0.29, 0.717) is 31.5 Å². The summed E-state index contributed by atoms with van der Waals surface area (Å²) < 4.78 is 19.5. The Morgan fingerprint density at radius 1 is 0.550 bits per heavy atom. The summed E-state index contributed by atoms with van der Waals surface area (Å²) in [5.41, 5.74) is 5.09. The molecule has 13 rings (SSSR count). The second-order valence-corrected chi connectivity index (χ2v) is 29.7. The van der Waals surface area contributed by atoms with Crippen LogP contribution >= 0.6 is 23.2 Å². The number of benzene rings is 7. The first-order valence-corrected chi connectivity index (χ1v) is 37.1. The first-order chi connectivity index (χ1) is 52.0. The second kappa shape index (κ2) is 34.8. The van der Waals surface area contributed by atoms with Crippen LogP contribution in [-0.2, 0) is 46.5 Å². The van der Waals surface area contributed by atoms with Gasteiger partial charge >= 0.3 is 0 Å². The zero-order chi connectivity index (χ0) is 78.1. The van der Waals surface area contributed by atoms with Crippen molar-refractivity contribution in [3.05, 3.63) is 164 Å². The van der Waals surface area contributed by atoms with Gasteiger partial charge in [0.1, 0.15) is 88.6 Å². The van der Waals surface area contributed by atoms with Gasteiger partial charge < -0.3 is 108 Å². The molecule has 0 aromatic heterocycles. The maximum absolute atomic E-state index is 16.2. The minimum atomic E-state index is -2.17. The zero-order valence-electron chi connectivity index (χ0n) is 61.0. The van der Waals surface area contributed by atoms with Crippen LogP contribution in [0.25, 0.3) is 11.1 Å². The molecule has 0 fully saturated rings. The lowest BCUT2D eigenvalue weighted by atomic mass is 9.87. The fourth-order valence-corrected chi connectivity index (χ4v) is 14.3. The number of carbonyl (C=O) groups is 7. The molecule has 0 spiro atoms. The molecule has 7 aromatic rings. The fraction of sp³-hybridized carbons (Fsp3) is 0.380. The van der Waals surface area contributed by atoms with Gasteiger partial charge in [0.25, 0.3) is 0 Å². The molecule has 0 radical (unpaired) electrons. The molecule has 30 heteroatoms. The van der Waals surface area contributed by atoms with Gasteiger partial charge in [-0.25, -0.2) is 0 Å². The molecule has 6 aliphatic rings.